The van der Waals surface area contributed by atoms with Crippen molar-refractivity contribution < 1.29 is 14.7 Å². The fourth-order valence-electron chi connectivity index (χ4n) is 1.92. The number of carboxylic acid groups (broad SMARTS) is 1. The molecule has 0 radical (unpaired) electrons. The van der Waals surface area contributed by atoms with Crippen LogP contribution >= 0.6 is 0 Å². The summed E-state index contributed by atoms with van der Waals surface area (Å²) < 4.78 is 1.50. The summed E-state index contributed by atoms with van der Waals surface area (Å²) in [6.07, 6.45) is 3.84. The van der Waals surface area contributed by atoms with E-state index in [1.807, 2.05) is 20.8 Å². The minimum atomic E-state index is -1.11. The maximum Gasteiger partial charge on any atom is 0.331 e. The average molecular weight is 282 g/mol. The summed E-state index contributed by atoms with van der Waals surface area (Å²) in [5.74, 6) is -1.11. The van der Waals surface area contributed by atoms with Gasteiger partial charge in [-0.25, -0.2) is 9.59 Å². The van der Waals surface area contributed by atoms with Crippen molar-refractivity contribution in [2.75, 3.05) is 6.54 Å². The lowest BCUT2D eigenvalue weighted by atomic mass is 10.1. The van der Waals surface area contributed by atoms with Gasteiger partial charge in [-0.05, 0) is 20.3 Å². The van der Waals surface area contributed by atoms with Gasteiger partial charge in [0.1, 0.15) is 0 Å². The molecular weight excluding hydrogens is 260 g/mol. The van der Waals surface area contributed by atoms with Crippen LogP contribution in [0.25, 0.3) is 0 Å². The van der Waals surface area contributed by atoms with Gasteiger partial charge in [-0.1, -0.05) is 6.92 Å². The number of aliphatic carboxylic acids is 1. The molecule has 0 aliphatic carbocycles. The van der Waals surface area contributed by atoms with Crippen LogP contribution in [0, 0.1) is 0 Å². The normalized spacial score (nSPS) is 12.2. The monoisotopic (exact) mass is 282 g/mol. The van der Waals surface area contributed by atoms with Gasteiger partial charge < -0.3 is 15.3 Å². The molecule has 2 N–H and O–H groups in total. The van der Waals surface area contributed by atoms with Crippen LogP contribution < -0.4 is 5.32 Å². The Hall–Kier alpha value is -2.05. The molecule has 7 nitrogen and oxygen atoms in total. The third kappa shape index (κ3) is 3.97. The van der Waals surface area contributed by atoms with E-state index < -0.39 is 12.0 Å². The zero-order chi connectivity index (χ0) is 15.3. The van der Waals surface area contributed by atoms with Crippen molar-refractivity contribution in [3.05, 3.63) is 18.0 Å². The van der Waals surface area contributed by atoms with Crippen molar-refractivity contribution in [1.82, 2.24) is 20.0 Å². The second-order valence-corrected chi connectivity index (χ2v) is 4.96. The molecule has 1 unspecified atom stereocenters. The molecule has 1 rings (SSSR count). The molecule has 20 heavy (non-hydrogen) atoms. The second kappa shape index (κ2) is 6.93. The van der Waals surface area contributed by atoms with E-state index in [0.717, 1.165) is 6.42 Å². The number of urea groups is 1. The van der Waals surface area contributed by atoms with E-state index in [4.69, 9.17) is 0 Å². The van der Waals surface area contributed by atoms with Gasteiger partial charge in [0.25, 0.3) is 0 Å². The van der Waals surface area contributed by atoms with Crippen molar-refractivity contribution in [1.29, 1.82) is 0 Å². The molecule has 1 heterocycles. The van der Waals surface area contributed by atoms with E-state index in [1.54, 1.807) is 18.1 Å². The average Bonchev–Trinajstić information content (AvgIpc) is 2.78. The molecule has 7 heteroatoms. The number of hydrogen-bond donors (Lipinski definition) is 2. The number of aryl methyl sites for hydroxylation is 1. The molecule has 0 aliphatic heterocycles. The minimum absolute atomic E-state index is 0.0123. The smallest absolute Gasteiger partial charge is 0.331 e. The van der Waals surface area contributed by atoms with Crippen molar-refractivity contribution >= 4 is 12.0 Å². The Morgan fingerprint density at radius 2 is 2.15 bits per heavy atom. The predicted molar refractivity (Wildman–Crippen MR) is 74.2 cm³/mol. The number of carbonyl (C=O) groups excluding carboxylic acids is 1. The van der Waals surface area contributed by atoms with Gasteiger partial charge >= 0.3 is 12.0 Å². The van der Waals surface area contributed by atoms with Crippen molar-refractivity contribution in [2.45, 2.75) is 39.3 Å². The lowest BCUT2D eigenvalue weighted by molar-refractivity contribution is -0.139. The SMILES string of the molecule is CCCN(C(=O)NC(C(=O)O)c1cnn(C)c1)C(C)C. The van der Waals surface area contributed by atoms with Gasteiger partial charge in [0.2, 0.25) is 0 Å². The Labute approximate surface area is 118 Å². The molecule has 0 saturated carbocycles. The maximum atomic E-state index is 12.2. The predicted octanol–water partition coefficient (Wildman–Crippen LogP) is 1.38. The lowest BCUT2D eigenvalue weighted by Gasteiger charge is -2.28. The highest BCUT2D eigenvalue weighted by atomic mass is 16.4. The first-order valence-electron chi connectivity index (χ1n) is 6.65. The summed E-state index contributed by atoms with van der Waals surface area (Å²) >= 11 is 0. The highest BCUT2D eigenvalue weighted by molar-refractivity contribution is 5.83. The number of carboxylic acids is 1. The van der Waals surface area contributed by atoms with Crippen LogP contribution in [0.15, 0.2) is 12.4 Å². The molecule has 0 bridgehead atoms. The molecule has 1 aromatic rings. The van der Waals surface area contributed by atoms with Gasteiger partial charge in [-0.15, -0.1) is 0 Å². The molecule has 0 fully saturated rings. The van der Waals surface area contributed by atoms with E-state index in [0.29, 0.717) is 12.1 Å². The fourth-order valence-corrected chi connectivity index (χ4v) is 1.92. The number of rotatable bonds is 6. The van der Waals surface area contributed by atoms with Gasteiger partial charge in [-0.3, -0.25) is 4.68 Å². The molecule has 0 aliphatic rings. The van der Waals surface area contributed by atoms with Gasteiger partial charge in [0.05, 0.1) is 6.20 Å². The van der Waals surface area contributed by atoms with Crippen LogP contribution in [0.3, 0.4) is 0 Å². The first-order chi connectivity index (χ1) is 9.36. The molecule has 112 valence electrons. The Morgan fingerprint density at radius 1 is 1.50 bits per heavy atom. The molecule has 1 atom stereocenters. The topological polar surface area (TPSA) is 87.5 Å². The molecular formula is C13H22N4O3. The van der Waals surface area contributed by atoms with Crippen LogP contribution in [0.4, 0.5) is 4.79 Å². The number of nitrogens with zero attached hydrogens (tertiary/aromatic N) is 3. The number of nitrogens with one attached hydrogen (secondary N) is 1. The second-order valence-electron chi connectivity index (χ2n) is 4.96. The van der Waals surface area contributed by atoms with Gasteiger partial charge in [0.15, 0.2) is 6.04 Å². The zero-order valence-electron chi connectivity index (χ0n) is 12.3. The van der Waals surface area contributed by atoms with Gasteiger partial charge in [0, 0.05) is 31.4 Å². The van der Waals surface area contributed by atoms with Crippen LogP contribution in [0.2, 0.25) is 0 Å². The van der Waals surface area contributed by atoms with Crippen molar-refractivity contribution in [2.24, 2.45) is 7.05 Å². The summed E-state index contributed by atoms with van der Waals surface area (Å²) in [7, 11) is 1.70. The first-order valence-corrected chi connectivity index (χ1v) is 6.65. The Morgan fingerprint density at radius 3 is 2.55 bits per heavy atom. The minimum Gasteiger partial charge on any atom is -0.479 e. The summed E-state index contributed by atoms with van der Waals surface area (Å²) in [6.45, 7) is 6.35. The summed E-state index contributed by atoms with van der Waals surface area (Å²) in [4.78, 5) is 25.1. The number of aromatic nitrogens is 2. The lowest BCUT2D eigenvalue weighted by Crippen LogP contribution is -2.47. The van der Waals surface area contributed by atoms with E-state index in [-0.39, 0.29) is 12.1 Å². The number of hydrogen-bond acceptors (Lipinski definition) is 3. The molecule has 1 aromatic heterocycles. The molecule has 0 aromatic carbocycles. The fraction of sp³-hybridized carbons (Fsp3) is 0.615. The Balaban J connectivity index is 2.85. The number of carbonyl (C=O) groups is 2. The third-order valence-corrected chi connectivity index (χ3v) is 2.92. The highest BCUT2D eigenvalue weighted by Crippen LogP contribution is 2.13. The highest BCUT2D eigenvalue weighted by Gasteiger charge is 2.26. The first kappa shape index (κ1) is 16.0. The Kier molecular flexibility index (Phi) is 5.54. The Bertz CT molecular complexity index is 470. The van der Waals surface area contributed by atoms with Crippen molar-refractivity contribution in [3.63, 3.8) is 0 Å². The van der Waals surface area contributed by atoms with E-state index >= 15 is 0 Å². The van der Waals surface area contributed by atoms with Crippen LogP contribution in [-0.2, 0) is 11.8 Å². The number of amides is 2. The summed E-state index contributed by atoms with van der Waals surface area (Å²) in [6, 6.07) is -1.45. The quantitative estimate of drug-likeness (QED) is 0.825. The van der Waals surface area contributed by atoms with Crippen LogP contribution in [0.5, 0.6) is 0 Å². The van der Waals surface area contributed by atoms with Gasteiger partial charge in [-0.2, -0.15) is 5.10 Å². The molecule has 0 saturated heterocycles. The van der Waals surface area contributed by atoms with E-state index in [1.165, 1.54) is 10.9 Å². The van der Waals surface area contributed by atoms with Crippen LogP contribution in [-0.4, -0.2) is 44.4 Å². The zero-order valence-corrected chi connectivity index (χ0v) is 12.3. The van der Waals surface area contributed by atoms with E-state index in [2.05, 4.69) is 10.4 Å². The maximum absolute atomic E-state index is 12.2. The van der Waals surface area contributed by atoms with E-state index in [9.17, 15) is 14.7 Å². The summed E-state index contributed by atoms with van der Waals surface area (Å²) in [5, 5.41) is 15.7. The van der Waals surface area contributed by atoms with Crippen molar-refractivity contribution in [3.8, 4) is 0 Å². The third-order valence-electron chi connectivity index (χ3n) is 2.92. The summed E-state index contributed by atoms with van der Waals surface area (Å²) in [5.41, 5.74) is 0.452. The van der Waals surface area contributed by atoms with Crippen LogP contribution in [0.1, 0.15) is 38.8 Å². The molecule has 2 amide bonds. The molecule has 0 spiro atoms. The largest absolute Gasteiger partial charge is 0.479 e. The standard InChI is InChI=1S/C13H22N4O3/c1-5-6-17(9(2)3)13(20)15-11(12(18)19)10-7-14-16(4)8-10/h7-9,11H,5-6H2,1-4H3,(H,15,20)(H,18,19).